The first-order chi connectivity index (χ1) is 7.24. The number of hydrogen-bond donors (Lipinski definition) is 2. The molecule has 0 aromatic heterocycles. The van der Waals surface area contributed by atoms with Crippen molar-refractivity contribution in [2.24, 2.45) is 11.0 Å². The van der Waals surface area contributed by atoms with Gasteiger partial charge in [0.1, 0.15) is 0 Å². The van der Waals surface area contributed by atoms with E-state index >= 15 is 0 Å². The summed E-state index contributed by atoms with van der Waals surface area (Å²) in [6.07, 6.45) is 0.398. The topological polar surface area (TPSA) is 104 Å². The van der Waals surface area contributed by atoms with E-state index in [9.17, 15) is 4.79 Å². The molecule has 6 nitrogen and oxygen atoms in total. The maximum atomic E-state index is 11.0. The summed E-state index contributed by atoms with van der Waals surface area (Å²) in [6.45, 7) is 0. The highest BCUT2D eigenvalue weighted by atomic mass is 16.1. The first-order valence-corrected chi connectivity index (χ1v) is 4.37. The monoisotopic (exact) mass is 205 g/mol. The van der Waals surface area contributed by atoms with Crippen LogP contribution in [0.1, 0.15) is 5.56 Å². The lowest BCUT2D eigenvalue weighted by molar-refractivity contribution is -0.120. The number of primary amides is 1. The summed E-state index contributed by atoms with van der Waals surface area (Å²) >= 11 is 0. The molecule has 0 saturated heterocycles. The number of hydrogen-bond acceptors (Lipinski definition) is 2. The fourth-order valence-corrected chi connectivity index (χ4v) is 1.16. The fourth-order valence-electron chi connectivity index (χ4n) is 1.16. The number of amides is 1. The number of azide groups is 1. The molecule has 78 valence electrons. The zero-order chi connectivity index (χ0) is 11.1. The van der Waals surface area contributed by atoms with Crippen LogP contribution in [0.2, 0.25) is 0 Å². The molecule has 3 N–H and O–H groups in total. The van der Waals surface area contributed by atoms with Gasteiger partial charge in [-0.3, -0.25) is 4.79 Å². The second-order valence-corrected chi connectivity index (χ2v) is 2.96. The summed E-state index contributed by atoms with van der Waals surface area (Å²) < 4.78 is 0. The van der Waals surface area contributed by atoms with Crippen molar-refractivity contribution in [2.75, 3.05) is 0 Å². The Bertz CT molecular complexity index is 371. The first kappa shape index (κ1) is 10.9. The van der Waals surface area contributed by atoms with E-state index in [-0.39, 0.29) is 0 Å². The van der Waals surface area contributed by atoms with Gasteiger partial charge < -0.3 is 5.73 Å². The van der Waals surface area contributed by atoms with Gasteiger partial charge in [0.15, 0.2) is 6.04 Å². The van der Waals surface area contributed by atoms with E-state index in [1.807, 2.05) is 30.3 Å². The van der Waals surface area contributed by atoms with Crippen LogP contribution >= 0.6 is 0 Å². The van der Waals surface area contributed by atoms with Gasteiger partial charge in [-0.15, -0.1) is 5.53 Å². The molecule has 6 heteroatoms. The minimum Gasteiger partial charge on any atom is -0.366 e. The van der Waals surface area contributed by atoms with Crippen LogP contribution in [-0.4, -0.2) is 11.9 Å². The lowest BCUT2D eigenvalue weighted by atomic mass is 10.1. The second-order valence-electron chi connectivity index (χ2n) is 2.96. The Balaban J connectivity index is 2.67. The second kappa shape index (κ2) is 5.51. The van der Waals surface area contributed by atoms with Crippen LogP contribution in [0.4, 0.5) is 0 Å². The van der Waals surface area contributed by atoms with E-state index in [1.165, 1.54) is 0 Å². The maximum Gasteiger partial charge on any atom is 0.262 e. The van der Waals surface area contributed by atoms with Crippen LogP contribution in [0.15, 0.2) is 35.6 Å². The molecule has 0 fully saturated rings. The van der Waals surface area contributed by atoms with E-state index < -0.39 is 11.9 Å². The molecule has 0 bridgehead atoms. The molecule has 0 heterocycles. The average molecular weight is 205 g/mol. The maximum absolute atomic E-state index is 11.0. The quantitative estimate of drug-likeness (QED) is 0.322. The lowest BCUT2D eigenvalue weighted by Crippen LogP contribution is -2.40. The minimum atomic E-state index is -0.678. The SMILES string of the molecule is [N-]=[N+]=NN[C@@H](Cc1ccccc1)C(N)=O. The summed E-state index contributed by atoms with van der Waals surface area (Å²) in [5, 5.41) is 3.12. The molecule has 0 unspecified atom stereocenters. The highest BCUT2D eigenvalue weighted by molar-refractivity contribution is 5.80. The van der Waals surface area contributed by atoms with Gasteiger partial charge >= 0.3 is 0 Å². The number of nitrogens with zero attached hydrogens (tertiary/aromatic N) is 3. The molecule has 15 heavy (non-hydrogen) atoms. The van der Waals surface area contributed by atoms with Crippen molar-refractivity contribution in [3.05, 3.63) is 46.3 Å². The third-order valence-corrected chi connectivity index (χ3v) is 1.88. The van der Waals surface area contributed by atoms with Crippen molar-refractivity contribution < 1.29 is 4.79 Å². The van der Waals surface area contributed by atoms with Gasteiger partial charge in [-0.05, 0) is 10.8 Å². The van der Waals surface area contributed by atoms with Crippen LogP contribution < -0.4 is 11.2 Å². The van der Waals surface area contributed by atoms with Crippen molar-refractivity contribution >= 4 is 5.91 Å². The Morgan fingerprint density at radius 2 is 2.20 bits per heavy atom. The highest BCUT2D eigenvalue weighted by Crippen LogP contribution is 2.02. The Kier molecular flexibility index (Phi) is 4.00. The van der Waals surface area contributed by atoms with E-state index in [2.05, 4.69) is 15.6 Å². The molecule has 1 aromatic rings. The highest BCUT2D eigenvalue weighted by Gasteiger charge is 2.17. The molecule has 1 amide bonds. The largest absolute Gasteiger partial charge is 0.366 e. The predicted octanol–water partition coefficient (Wildman–Crippen LogP) is 0.898. The smallest absolute Gasteiger partial charge is 0.262 e. The van der Waals surface area contributed by atoms with Crippen molar-refractivity contribution in [1.29, 1.82) is 0 Å². The van der Waals surface area contributed by atoms with E-state index in [1.54, 1.807) is 0 Å². The molecule has 0 aliphatic carbocycles. The van der Waals surface area contributed by atoms with E-state index in [0.717, 1.165) is 5.56 Å². The summed E-state index contributed by atoms with van der Waals surface area (Å²) in [5.74, 6) is -0.550. The van der Waals surface area contributed by atoms with Gasteiger partial charge in [-0.1, -0.05) is 30.3 Å². The zero-order valence-electron chi connectivity index (χ0n) is 8.00. The number of carbonyl (C=O) groups excluding carboxylic acids is 1. The number of rotatable bonds is 5. The lowest BCUT2D eigenvalue weighted by Gasteiger charge is -2.08. The van der Waals surface area contributed by atoms with Gasteiger partial charge in [0.25, 0.3) is 5.91 Å². The van der Waals surface area contributed by atoms with E-state index in [4.69, 9.17) is 11.3 Å². The van der Waals surface area contributed by atoms with E-state index in [0.29, 0.717) is 6.42 Å². The molecule has 1 aromatic carbocycles. The number of nitrogens with two attached hydrogens (primary N) is 1. The summed E-state index contributed by atoms with van der Waals surface area (Å²) in [6, 6.07) is 8.66. The third kappa shape index (κ3) is 3.58. The number of benzene rings is 1. The van der Waals surface area contributed by atoms with Gasteiger partial charge in [-0.25, -0.2) is 5.43 Å². The van der Waals surface area contributed by atoms with Crippen molar-refractivity contribution in [3.8, 4) is 0 Å². The van der Waals surface area contributed by atoms with Crippen molar-refractivity contribution in [2.45, 2.75) is 12.5 Å². The number of nitrogens with one attached hydrogen (secondary N) is 1. The van der Waals surface area contributed by atoms with Crippen LogP contribution in [-0.2, 0) is 11.2 Å². The van der Waals surface area contributed by atoms with Gasteiger partial charge in [0, 0.05) is 6.42 Å². The molecule has 0 radical (unpaired) electrons. The molecule has 1 rings (SSSR count). The fraction of sp³-hybridized carbons (Fsp3) is 0.222. The Hall–Kier alpha value is -2.20. The van der Waals surface area contributed by atoms with Crippen LogP contribution in [0.25, 0.3) is 10.4 Å². The van der Waals surface area contributed by atoms with Gasteiger partial charge in [-0.2, -0.15) is 4.91 Å². The van der Waals surface area contributed by atoms with Gasteiger partial charge in [0.05, 0.1) is 0 Å². The van der Waals surface area contributed by atoms with Gasteiger partial charge in [0.2, 0.25) is 0 Å². The van der Waals surface area contributed by atoms with Crippen LogP contribution in [0.3, 0.4) is 0 Å². The third-order valence-electron chi connectivity index (χ3n) is 1.88. The molecular formula is C9H11N5O. The molecule has 1 atom stereocenters. The van der Waals surface area contributed by atoms with Crippen molar-refractivity contribution in [1.82, 2.24) is 5.43 Å². The predicted molar refractivity (Wildman–Crippen MR) is 55.4 cm³/mol. The summed E-state index contributed by atoms with van der Waals surface area (Å²) in [4.78, 5) is 13.5. The molecular weight excluding hydrogens is 194 g/mol. The Labute approximate surface area is 86.7 Å². The average Bonchev–Trinajstić information content (AvgIpc) is 2.25. The normalized spacial score (nSPS) is 11.2. The van der Waals surface area contributed by atoms with Crippen LogP contribution in [0.5, 0.6) is 0 Å². The standard InChI is InChI=1S/C9H11N5O/c10-9(15)8(12-14-13-11)6-7-4-2-1-3-5-7/h1-5,8,12H,6H2,(H2,10,15)/t8-/m0/s1. The summed E-state index contributed by atoms with van der Waals surface area (Å²) in [7, 11) is 0. The first-order valence-electron chi connectivity index (χ1n) is 4.37. The molecule has 0 spiro atoms. The van der Waals surface area contributed by atoms with Crippen LogP contribution in [0, 0.1) is 0 Å². The number of carbonyl (C=O) groups is 1. The minimum absolute atomic E-state index is 0.398. The van der Waals surface area contributed by atoms with Crippen molar-refractivity contribution in [3.63, 3.8) is 0 Å². The molecule has 0 aliphatic rings. The Morgan fingerprint density at radius 1 is 1.53 bits per heavy atom. The summed E-state index contributed by atoms with van der Waals surface area (Å²) in [5.41, 5.74) is 16.5. The Morgan fingerprint density at radius 3 is 2.73 bits per heavy atom. The molecule has 0 saturated carbocycles. The zero-order valence-corrected chi connectivity index (χ0v) is 8.00. The molecule has 0 aliphatic heterocycles.